The van der Waals surface area contributed by atoms with E-state index >= 15 is 0 Å². The van der Waals surface area contributed by atoms with Crippen LogP contribution in [0.15, 0.2) is 18.5 Å². The highest BCUT2D eigenvalue weighted by Gasteiger charge is 2.32. The molecule has 0 unspecified atom stereocenters. The van der Waals surface area contributed by atoms with Crippen molar-refractivity contribution in [1.82, 2.24) is 19.5 Å². The van der Waals surface area contributed by atoms with Gasteiger partial charge in [0.25, 0.3) is 5.91 Å². The standard InChI is InChI=1S/C19H29FN4O4S/c1-29(26,27)23-9-3-15(4-10-23)24(16-5-12-28-13-6-16)11-8-22-19(25)17-2-7-21-14-18(17)20/h2,7,14-16H,3-6,8-13H2,1H3,(H,22,25). The van der Waals surface area contributed by atoms with E-state index in [9.17, 15) is 17.6 Å². The van der Waals surface area contributed by atoms with E-state index in [2.05, 4.69) is 15.2 Å². The molecule has 0 aromatic carbocycles. The molecule has 1 amide bonds. The lowest BCUT2D eigenvalue weighted by atomic mass is 9.98. The van der Waals surface area contributed by atoms with Crippen LogP contribution in [0.4, 0.5) is 4.39 Å². The number of carbonyl (C=O) groups excluding carboxylic acids is 1. The van der Waals surface area contributed by atoms with E-state index in [1.807, 2.05) is 0 Å². The van der Waals surface area contributed by atoms with Crippen molar-refractivity contribution in [3.8, 4) is 0 Å². The molecule has 0 aliphatic carbocycles. The zero-order valence-electron chi connectivity index (χ0n) is 16.7. The average molecular weight is 429 g/mol. The molecule has 0 spiro atoms. The van der Waals surface area contributed by atoms with Gasteiger partial charge in [0.1, 0.15) is 0 Å². The molecular formula is C19H29FN4O4S. The molecule has 2 fully saturated rings. The number of aromatic nitrogens is 1. The van der Waals surface area contributed by atoms with Gasteiger partial charge >= 0.3 is 0 Å². The number of piperidine rings is 1. The third-order valence-electron chi connectivity index (χ3n) is 5.69. The van der Waals surface area contributed by atoms with E-state index in [1.165, 1.54) is 22.8 Å². The minimum atomic E-state index is -3.17. The molecule has 2 saturated heterocycles. The summed E-state index contributed by atoms with van der Waals surface area (Å²) in [5, 5.41) is 2.80. The average Bonchev–Trinajstić information content (AvgIpc) is 2.71. The van der Waals surface area contributed by atoms with Crippen LogP contribution in [0.1, 0.15) is 36.0 Å². The van der Waals surface area contributed by atoms with Gasteiger partial charge in [-0.1, -0.05) is 0 Å². The molecule has 1 aromatic rings. The number of pyridine rings is 1. The summed E-state index contributed by atoms with van der Waals surface area (Å²) in [5.41, 5.74) is -0.0147. The molecule has 162 valence electrons. The summed E-state index contributed by atoms with van der Waals surface area (Å²) in [6.45, 7) is 3.46. The SMILES string of the molecule is CS(=O)(=O)N1CCC(N(CCNC(=O)c2ccncc2F)C2CCOCC2)CC1. The second-order valence-corrected chi connectivity index (χ2v) is 9.57. The van der Waals surface area contributed by atoms with Crippen molar-refractivity contribution in [2.24, 2.45) is 0 Å². The lowest BCUT2D eigenvalue weighted by Crippen LogP contribution is -2.53. The van der Waals surface area contributed by atoms with Crippen molar-refractivity contribution in [2.75, 3.05) is 45.6 Å². The van der Waals surface area contributed by atoms with Crippen molar-refractivity contribution in [3.63, 3.8) is 0 Å². The summed E-state index contributed by atoms with van der Waals surface area (Å²) >= 11 is 0. The quantitative estimate of drug-likeness (QED) is 0.693. The van der Waals surface area contributed by atoms with Gasteiger partial charge in [-0.3, -0.25) is 14.7 Å². The van der Waals surface area contributed by atoms with Gasteiger partial charge in [-0.05, 0) is 31.7 Å². The topological polar surface area (TPSA) is 91.8 Å². The highest BCUT2D eigenvalue weighted by molar-refractivity contribution is 7.88. The number of sulfonamides is 1. The van der Waals surface area contributed by atoms with E-state index in [-0.39, 0.29) is 11.6 Å². The summed E-state index contributed by atoms with van der Waals surface area (Å²) in [5.74, 6) is -1.09. The molecular weight excluding hydrogens is 399 g/mol. The number of ether oxygens (including phenoxy) is 1. The van der Waals surface area contributed by atoms with Crippen molar-refractivity contribution in [3.05, 3.63) is 29.8 Å². The first kappa shape index (κ1) is 22.1. The van der Waals surface area contributed by atoms with Crippen LogP contribution in [0.25, 0.3) is 0 Å². The second kappa shape index (κ2) is 9.92. The monoisotopic (exact) mass is 428 g/mol. The Bertz CT molecular complexity index is 793. The van der Waals surface area contributed by atoms with E-state index in [1.54, 1.807) is 0 Å². The predicted molar refractivity (Wildman–Crippen MR) is 107 cm³/mol. The van der Waals surface area contributed by atoms with Gasteiger partial charge in [-0.25, -0.2) is 17.1 Å². The van der Waals surface area contributed by atoms with Crippen LogP contribution in [0.2, 0.25) is 0 Å². The second-order valence-electron chi connectivity index (χ2n) is 7.59. The van der Waals surface area contributed by atoms with Gasteiger partial charge in [0.2, 0.25) is 10.0 Å². The fourth-order valence-electron chi connectivity index (χ4n) is 4.14. The smallest absolute Gasteiger partial charge is 0.254 e. The van der Waals surface area contributed by atoms with Gasteiger partial charge in [0, 0.05) is 57.7 Å². The first-order chi connectivity index (χ1) is 13.9. The molecule has 1 aromatic heterocycles. The van der Waals surface area contributed by atoms with Crippen LogP contribution in [-0.4, -0.2) is 86.2 Å². The Morgan fingerprint density at radius 2 is 1.93 bits per heavy atom. The van der Waals surface area contributed by atoms with Crippen molar-refractivity contribution >= 4 is 15.9 Å². The maximum absolute atomic E-state index is 13.7. The number of nitrogens with one attached hydrogen (secondary N) is 1. The van der Waals surface area contributed by atoms with Crippen LogP contribution in [0.5, 0.6) is 0 Å². The van der Waals surface area contributed by atoms with Gasteiger partial charge in [-0.2, -0.15) is 0 Å². The van der Waals surface area contributed by atoms with Crippen LogP contribution < -0.4 is 5.32 Å². The molecule has 0 radical (unpaired) electrons. The Labute approximate surface area is 171 Å². The molecule has 29 heavy (non-hydrogen) atoms. The highest BCUT2D eigenvalue weighted by Crippen LogP contribution is 2.24. The Morgan fingerprint density at radius 3 is 2.55 bits per heavy atom. The molecule has 0 atom stereocenters. The summed E-state index contributed by atoms with van der Waals surface area (Å²) in [4.78, 5) is 18.3. The summed E-state index contributed by atoms with van der Waals surface area (Å²) in [7, 11) is -3.17. The molecule has 1 N–H and O–H groups in total. The van der Waals surface area contributed by atoms with Gasteiger partial charge < -0.3 is 10.1 Å². The number of halogens is 1. The van der Waals surface area contributed by atoms with Crippen molar-refractivity contribution in [2.45, 2.75) is 37.8 Å². The maximum atomic E-state index is 13.7. The lowest BCUT2D eigenvalue weighted by Gasteiger charge is -2.43. The Kier molecular flexibility index (Phi) is 7.55. The molecule has 3 rings (SSSR count). The molecule has 0 bridgehead atoms. The first-order valence-corrected chi connectivity index (χ1v) is 11.9. The van der Waals surface area contributed by atoms with Gasteiger partial charge in [0.15, 0.2) is 5.82 Å². The lowest BCUT2D eigenvalue weighted by molar-refractivity contribution is 0.00747. The normalized spacial score (nSPS) is 20.1. The number of nitrogens with zero attached hydrogens (tertiary/aromatic N) is 3. The highest BCUT2D eigenvalue weighted by atomic mass is 32.2. The number of hydrogen-bond acceptors (Lipinski definition) is 6. The number of rotatable bonds is 7. The van der Waals surface area contributed by atoms with Crippen molar-refractivity contribution in [1.29, 1.82) is 0 Å². The van der Waals surface area contributed by atoms with Gasteiger partial charge in [0.05, 0.1) is 18.0 Å². The van der Waals surface area contributed by atoms with E-state index < -0.39 is 21.7 Å². The van der Waals surface area contributed by atoms with E-state index in [4.69, 9.17) is 4.74 Å². The number of amides is 1. The zero-order chi connectivity index (χ0) is 20.9. The Morgan fingerprint density at radius 1 is 1.28 bits per heavy atom. The number of carbonyl (C=O) groups is 1. The van der Waals surface area contributed by atoms with Crippen LogP contribution in [-0.2, 0) is 14.8 Å². The predicted octanol–water partition coefficient (Wildman–Crippen LogP) is 0.856. The van der Waals surface area contributed by atoms with E-state index in [0.29, 0.717) is 45.4 Å². The maximum Gasteiger partial charge on any atom is 0.254 e. The Balaban J connectivity index is 1.59. The van der Waals surface area contributed by atoms with Crippen molar-refractivity contribution < 1.29 is 22.3 Å². The Hall–Kier alpha value is -1.62. The summed E-state index contributed by atoms with van der Waals surface area (Å²) < 4.78 is 44.3. The fraction of sp³-hybridized carbons (Fsp3) is 0.684. The molecule has 8 nitrogen and oxygen atoms in total. The summed E-state index contributed by atoms with van der Waals surface area (Å²) in [6, 6.07) is 1.96. The van der Waals surface area contributed by atoms with Crippen LogP contribution >= 0.6 is 0 Å². The zero-order valence-corrected chi connectivity index (χ0v) is 17.5. The molecule has 3 heterocycles. The number of hydrogen-bond donors (Lipinski definition) is 1. The molecule has 2 aliphatic heterocycles. The van der Waals surface area contributed by atoms with E-state index in [0.717, 1.165) is 31.9 Å². The minimum Gasteiger partial charge on any atom is -0.381 e. The fourth-order valence-corrected chi connectivity index (χ4v) is 5.01. The first-order valence-electron chi connectivity index (χ1n) is 10.0. The third-order valence-corrected chi connectivity index (χ3v) is 7.00. The molecule has 0 saturated carbocycles. The van der Waals surface area contributed by atoms with Gasteiger partial charge in [-0.15, -0.1) is 0 Å². The summed E-state index contributed by atoms with van der Waals surface area (Å²) in [6.07, 6.45) is 7.02. The molecule has 10 heteroatoms. The largest absolute Gasteiger partial charge is 0.381 e. The minimum absolute atomic E-state index is 0.0147. The van der Waals surface area contributed by atoms with Crippen LogP contribution in [0.3, 0.4) is 0 Å². The van der Waals surface area contributed by atoms with Crippen LogP contribution in [0, 0.1) is 5.82 Å². The third kappa shape index (κ3) is 5.94. The molecule has 2 aliphatic rings.